The van der Waals surface area contributed by atoms with Crippen molar-refractivity contribution in [3.8, 4) is 17.0 Å². The standard InChI is InChI=1S/C23H34N4O3/c1-5-6-14-26(3)23(28)29-16-20-22(24-25-27(20)4)18-12-13-21(17(2)15-18)30-19-10-8-7-9-11-19/h12-13,15,19H,5-11,14,16H2,1-4H3. The third-order valence-corrected chi connectivity index (χ3v) is 5.73. The van der Waals surface area contributed by atoms with E-state index in [4.69, 9.17) is 9.47 Å². The van der Waals surface area contributed by atoms with Gasteiger partial charge in [0.05, 0.1) is 6.10 Å². The molecule has 0 N–H and O–H groups in total. The van der Waals surface area contributed by atoms with Crippen LogP contribution in [0.25, 0.3) is 11.3 Å². The van der Waals surface area contributed by atoms with E-state index < -0.39 is 0 Å². The maximum absolute atomic E-state index is 12.2. The van der Waals surface area contributed by atoms with Crippen LogP contribution in [0.4, 0.5) is 4.79 Å². The molecule has 1 aliphatic rings. The number of aromatic nitrogens is 3. The minimum absolute atomic E-state index is 0.132. The highest BCUT2D eigenvalue weighted by molar-refractivity contribution is 5.68. The fourth-order valence-electron chi connectivity index (χ4n) is 3.78. The topological polar surface area (TPSA) is 69.5 Å². The second-order valence-corrected chi connectivity index (χ2v) is 8.20. The minimum Gasteiger partial charge on any atom is -0.490 e. The molecule has 1 amide bonds. The number of rotatable bonds is 8. The zero-order valence-corrected chi connectivity index (χ0v) is 18.7. The Kier molecular flexibility index (Phi) is 7.71. The molecule has 164 valence electrons. The Morgan fingerprint density at radius 3 is 2.73 bits per heavy atom. The molecule has 0 unspecified atom stereocenters. The largest absolute Gasteiger partial charge is 0.490 e. The Labute approximate surface area is 179 Å². The highest BCUT2D eigenvalue weighted by Crippen LogP contribution is 2.30. The molecule has 30 heavy (non-hydrogen) atoms. The smallest absolute Gasteiger partial charge is 0.409 e. The van der Waals surface area contributed by atoms with E-state index >= 15 is 0 Å². The van der Waals surface area contributed by atoms with E-state index in [1.165, 1.54) is 19.3 Å². The molecule has 1 saturated carbocycles. The summed E-state index contributed by atoms with van der Waals surface area (Å²) in [6.45, 7) is 4.97. The maximum atomic E-state index is 12.2. The zero-order valence-electron chi connectivity index (χ0n) is 18.7. The van der Waals surface area contributed by atoms with Crippen LogP contribution in [0.5, 0.6) is 5.75 Å². The summed E-state index contributed by atoms with van der Waals surface area (Å²) in [6, 6.07) is 6.09. The fourth-order valence-corrected chi connectivity index (χ4v) is 3.78. The lowest BCUT2D eigenvalue weighted by Gasteiger charge is -2.24. The Bertz CT molecular complexity index is 843. The first-order valence-corrected chi connectivity index (χ1v) is 11.0. The van der Waals surface area contributed by atoms with Gasteiger partial charge in [-0.3, -0.25) is 0 Å². The van der Waals surface area contributed by atoms with E-state index in [9.17, 15) is 4.79 Å². The summed E-state index contributed by atoms with van der Waals surface area (Å²) in [5.74, 6) is 0.931. The van der Waals surface area contributed by atoms with Gasteiger partial charge in [-0.15, -0.1) is 5.10 Å². The maximum Gasteiger partial charge on any atom is 0.409 e. The molecule has 2 aromatic rings. The van der Waals surface area contributed by atoms with Gasteiger partial charge in [0.25, 0.3) is 0 Å². The lowest BCUT2D eigenvalue weighted by atomic mass is 9.97. The van der Waals surface area contributed by atoms with E-state index in [1.54, 1.807) is 16.6 Å². The highest BCUT2D eigenvalue weighted by Gasteiger charge is 2.19. The second kappa shape index (κ2) is 10.5. The SMILES string of the molecule is CCCCN(C)C(=O)OCc1c(-c2ccc(OC3CCCCC3)c(C)c2)nnn1C. The quantitative estimate of drug-likeness (QED) is 0.616. The van der Waals surface area contributed by atoms with Crippen LogP contribution in [0, 0.1) is 6.92 Å². The van der Waals surface area contributed by atoms with Crippen molar-refractivity contribution in [3.05, 3.63) is 29.5 Å². The first kappa shape index (κ1) is 22.1. The number of carbonyl (C=O) groups is 1. The number of benzene rings is 1. The number of hydrogen-bond donors (Lipinski definition) is 0. The first-order chi connectivity index (χ1) is 14.5. The van der Waals surface area contributed by atoms with Gasteiger partial charge in [-0.2, -0.15) is 0 Å². The average Bonchev–Trinajstić information content (AvgIpc) is 3.12. The van der Waals surface area contributed by atoms with Crippen LogP contribution in [0.1, 0.15) is 63.1 Å². The Morgan fingerprint density at radius 2 is 2.03 bits per heavy atom. The molecule has 1 aromatic carbocycles. The van der Waals surface area contributed by atoms with Crippen LogP contribution in [0.2, 0.25) is 0 Å². The molecule has 3 rings (SSSR count). The lowest BCUT2D eigenvalue weighted by Crippen LogP contribution is -2.28. The molecule has 0 aliphatic heterocycles. The van der Waals surface area contributed by atoms with E-state index in [1.807, 2.05) is 19.2 Å². The molecule has 1 aromatic heterocycles. The molecule has 0 bridgehead atoms. The number of aryl methyl sites for hydroxylation is 2. The molecule has 1 heterocycles. The van der Waals surface area contributed by atoms with E-state index in [0.717, 1.165) is 53.9 Å². The summed E-state index contributed by atoms with van der Waals surface area (Å²) in [7, 11) is 3.57. The number of hydrogen-bond acceptors (Lipinski definition) is 5. The summed E-state index contributed by atoms with van der Waals surface area (Å²) in [5, 5.41) is 8.45. The van der Waals surface area contributed by atoms with Crippen molar-refractivity contribution in [1.29, 1.82) is 0 Å². The summed E-state index contributed by atoms with van der Waals surface area (Å²) in [4.78, 5) is 13.8. The Morgan fingerprint density at radius 1 is 1.27 bits per heavy atom. The van der Waals surface area contributed by atoms with Crippen molar-refractivity contribution >= 4 is 6.09 Å². The van der Waals surface area contributed by atoms with Crippen LogP contribution in [0.3, 0.4) is 0 Å². The predicted octanol–water partition coefficient (Wildman–Crippen LogP) is 4.87. The van der Waals surface area contributed by atoms with Crippen LogP contribution in [-0.2, 0) is 18.4 Å². The van der Waals surface area contributed by atoms with Gasteiger partial charge in [0.1, 0.15) is 23.7 Å². The average molecular weight is 415 g/mol. The molecular weight excluding hydrogens is 380 g/mol. The summed E-state index contributed by atoms with van der Waals surface area (Å²) < 4.78 is 13.4. The highest BCUT2D eigenvalue weighted by atomic mass is 16.6. The molecular formula is C23H34N4O3. The van der Waals surface area contributed by atoms with Gasteiger partial charge in [0, 0.05) is 26.2 Å². The molecule has 7 heteroatoms. The van der Waals surface area contributed by atoms with Crippen LogP contribution < -0.4 is 4.74 Å². The summed E-state index contributed by atoms with van der Waals surface area (Å²) in [6.07, 6.45) is 8.05. The third-order valence-electron chi connectivity index (χ3n) is 5.73. The molecule has 0 saturated heterocycles. The monoisotopic (exact) mass is 414 g/mol. The van der Waals surface area contributed by atoms with Crippen molar-refractivity contribution in [2.24, 2.45) is 7.05 Å². The van der Waals surface area contributed by atoms with Gasteiger partial charge in [-0.05, 0) is 62.8 Å². The number of amides is 1. The predicted molar refractivity (Wildman–Crippen MR) is 116 cm³/mol. The Hall–Kier alpha value is -2.57. The Balaban J connectivity index is 1.69. The zero-order chi connectivity index (χ0) is 21.5. The molecule has 0 spiro atoms. The summed E-state index contributed by atoms with van der Waals surface area (Å²) in [5.41, 5.74) is 3.52. The third kappa shape index (κ3) is 5.52. The minimum atomic E-state index is -0.331. The molecule has 1 aliphatic carbocycles. The van der Waals surface area contributed by atoms with Crippen LogP contribution >= 0.6 is 0 Å². The van der Waals surface area contributed by atoms with Crippen molar-refractivity contribution in [3.63, 3.8) is 0 Å². The number of unbranched alkanes of at least 4 members (excludes halogenated alkanes) is 1. The summed E-state index contributed by atoms with van der Waals surface area (Å²) >= 11 is 0. The number of carbonyl (C=O) groups excluding carboxylic acids is 1. The second-order valence-electron chi connectivity index (χ2n) is 8.20. The normalized spacial score (nSPS) is 14.5. The van der Waals surface area contributed by atoms with Crippen molar-refractivity contribution in [2.75, 3.05) is 13.6 Å². The van der Waals surface area contributed by atoms with Crippen LogP contribution in [0.15, 0.2) is 18.2 Å². The van der Waals surface area contributed by atoms with E-state index in [-0.39, 0.29) is 12.7 Å². The van der Waals surface area contributed by atoms with Gasteiger partial charge in [0.15, 0.2) is 0 Å². The number of nitrogens with zero attached hydrogens (tertiary/aromatic N) is 4. The number of ether oxygens (including phenoxy) is 2. The van der Waals surface area contributed by atoms with Gasteiger partial charge < -0.3 is 14.4 Å². The molecule has 1 fully saturated rings. The van der Waals surface area contributed by atoms with Crippen molar-refractivity contribution in [2.45, 2.75) is 71.5 Å². The molecule has 0 radical (unpaired) electrons. The van der Waals surface area contributed by atoms with Gasteiger partial charge in [-0.25, -0.2) is 9.48 Å². The van der Waals surface area contributed by atoms with Gasteiger partial charge in [-0.1, -0.05) is 25.0 Å². The van der Waals surface area contributed by atoms with Crippen molar-refractivity contribution < 1.29 is 14.3 Å². The lowest BCUT2D eigenvalue weighted by molar-refractivity contribution is 0.102. The van der Waals surface area contributed by atoms with E-state index in [2.05, 4.69) is 30.2 Å². The van der Waals surface area contributed by atoms with Gasteiger partial charge in [0.2, 0.25) is 0 Å². The molecule has 0 atom stereocenters. The molecule has 7 nitrogen and oxygen atoms in total. The van der Waals surface area contributed by atoms with Gasteiger partial charge >= 0.3 is 6.09 Å². The van der Waals surface area contributed by atoms with E-state index in [0.29, 0.717) is 12.6 Å². The fraction of sp³-hybridized carbons (Fsp3) is 0.609. The van der Waals surface area contributed by atoms with Crippen LogP contribution in [-0.4, -0.2) is 45.7 Å². The first-order valence-electron chi connectivity index (χ1n) is 11.0. The van der Waals surface area contributed by atoms with Crippen molar-refractivity contribution in [1.82, 2.24) is 19.9 Å².